The van der Waals surface area contributed by atoms with Crippen LogP contribution in [0.4, 0.5) is 5.69 Å². The molecule has 0 aromatic heterocycles. The van der Waals surface area contributed by atoms with Crippen molar-refractivity contribution >= 4 is 23.4 Å². The predicted molar refractivity (Wildman–Crippen MR) is 84.7 cm³/mol. The monoisotopic (exact) mass is 304 g/mol. The summed E-state index contributed by atoms with van der Waals surface area (Å²) in [7, 11) is 0. The molecule has 0 saturated carbocycles. The number of carbonyl (C=O) groups is 1. The largest absolute Gasteiger partial charge is 0.481 e. The lowest BCUT2D eigenvalue weighted by molar-refractivity contribution is -0.142. The lowest BCUT2D eigenvalue weighted by atomic mass is 9.91. The number of carboxylic acids is 1. The molecule has 1 saturated heterocycles. The Morgan fingerprint density at radius 2 is 2.33 bits per heavy atom. The third-order valence-corrected chi connectivity index (χ3v) is 4.89. The second kappa shape index (κ2) is 6.86. The minimum atomic E-state index is -0.711. The van der Waals surface area contributed by atoms with E-state index in [2.05, 4.69) is 17.9 Å². The van der Waals surface area contributed by atoms with E-state index in [4.69, 9.17) is 5.11 Å². The molecule has 2 atom stereocenters. The van der Waals surface area contributed by atoms with Crippen molar-refractivity contribution in [3.63, 3.8) is 0 Å². The van der Waals surface area contributed by atoms with Crippen LogP contribution in [0.15, 0.2) is 23.1 Å². The molecule has 1 aromatic rings. The molecule has 0 bridgehead atoms. The van der Waals surface area contributed by atoms with Crippen LogP contribution in [0.25, 0.3) is 0 Å². The zero-order valence-corrected chi connectivity index (χ0v) is 13.2. The SMILES string of the molecule is CCSc1cccc(N2CCC(C(=O)O)CC2C)c1C#N. The van der Waals surface area contributed by atoms with Gasteiger partial charge in [0.05, 0.1) is 17.2 Å². The summed E-state index contributed by atoms with van der Waals surface area (Å²) in [6.07, 6.45) is 1.26. The van der Waals surface area contributed by atoms with E-state index in [1.807, 2.05) is 25.1 Å². The van der Waals surface area contributed by atoms with Crippen molar-refractivity contribution in [2.24, 2.45) is 5.92 Å². The number of aliphatic carboxylic acids is 1. The maximum Gasteiger partial charge on any atom is 0.306 e. The molecule has 1 aliphatic rings. The quantitative estimate of drug-likeness (QED) is 0.864. The number of thioether (sulfide) groups is 1. The number of hydrogen-bond donors (Lipinski definition) is 1. The van der Waals surface area contributed by atoms with Crippen molar-refractivity contribution < 1.29 is 9.90 Å². The summed E-state index contributed by atoms with van der Waals surface area (Å²) in [5.74, 6) is -0.0540. The van der Waals surface area contributed by atoms with Gasteiger partial charge in [-0.1, -0.05) is 13.0 Å². The molecule has 1 heterocycles. The van der Waals surface area contributed by atoms with Gasteiger partial charge in [-0.05, 0) is 37.7 Å². The Kier molecular flexibility index (Phi) is 5.13. The average Bonchev–Trinajstić information content (AvgIpc) is 2.47. The smallest absolute Gasteiger partial charge is 0.306 e. The Labute approximate surface area is 129 Å². The fourth-order valence-corrected chi connectivity index (χ4v) is 3.68. The minimum absolute atomic E-state index is 0.133. The van der Waals surface area contributed by atoms with Gasteiger partial charge >= 0.3 is 5.97 Å². The molecule has 0 radical (unpaired) electrons. The first-order chi connectivity index (χ1) is 10.1. The third kappa shape index (κ3) is 3.33. The van der Waals surface area contributed by atoms with E-state index in [-0.39, 0.29) is 12.0 Å². The molecule has 0 amide bonds. The van der Waals surface area contributed by atoms with Crippen molar-refractivity contribution in [3.8, 4) is 6.07 Å². The lowest BCUT2D eigenvalue weighted by Gasteiger charge is -2.38. The normalized spacial score (nSPS) is 21.9. The number of benzene rings is 1. The summed E-state index contributed by atoms with van der Waals surface area (Å²) in [5.41, 5.74) is 1.65. The summed E-state index contributed by atoms with van der Waals surface area (Å²) >= 11 is 1.67. The van der Waals surface area contributed by atoms with Crippen LogP contribution in [0.5, 0.6) is 0 Å². The van der Waals surface area contributed by atoms with Crippen molar-refractivity contribution in [1.82, 2.24) is 0 Å². The van der Waals surface area contributed by atoms with Gasteiger partial charge in [0.1, 0.15) is 6.07 Å². The molecule has 5 heteroatoms. The van der Waals surface area contributed by atoms with E-state index in [9.17, 15) is 10.1 Å². The molecule has 21 heavy (non-hydrogen) atoms. The second-order valence-corrected chi connectivity index (χ2v) is 6.60. The van der Waals surface area contributed by atoms with Crippen LogP contribution in [0.3, 0.4) is 0 Å². The zero-order chi connectivity index (χ0) is 15.4. The summed E-state index contributed by atoms with van der Waals surface area (Å²) in [4.78, 5) is 14.3. The average molecular weight is 304 g/mol. The van der Waals surface area contributed by atoms with Crippen LogP contribution >= 0.6 is 11.8 Å². The van der Waals surface area contributed by atoms with E-state index < -0.39 is 5.97 Å². The third-order valence-electron chi connectivity index (χ3n) is 3.95. The Morgan fingerprint density at radius 3 is 2.90 bits per heavy atom. The van der Waals surface area contributed by atoms with Crippen LogP contribution in [-0.2, 0) is 4.79 Å². The van der Waals surface area contributed by atoms with Gasteiger partial charge in [0.25, 0.3) is 0 Å². The van der Waals surface area contributed by atoms with Gasteiger partial charge in [-0.15, -0.1) is 11.8 Å². The minimum Gasteiger partial charge on any atom is -0.481 e. The summed E-state index contributed by atoms with van der Waals surface area (Å²) < 4.78 is 0. The van der Waals surface area contributed by atoms with E-state index >= 15 is 0 Å². The molecule has 1 fully saturated rings. The second-order valence-electron chi connectivity index (χ2n) is 5.30. The highest BCUT2D eigenvalue weighted by Crippen LogP contribution is 2.34. The van der Waals surface area contributed by atoms with Crippen LogP contribution in [0.1, 0.15) is 32.3 Å². The first-order valence-corrected chi connectivity index (χ1v) is 8.22. The fraction of sp³-hybridized carbons (Fsp3) is 0.500. The summed E-state index contributed by atoms with van der Waals surface area (Å²) in [5, 5.41) is 18.7. The van der Waals surface area contributed by atoms with Crippen molar-refractivity contribution in [1.29, 1.82) is 5.26 Å². The maximum absolute atomic E-state index is 11.1. The maximum atomic E-state index is 11.1. The fourth-order valence-electron chi connectivity index (χ4n) is 2.90. The van der Waals surface area contributed by atoms with Crippen molar-refractivity contribution in [3.05, 3.63) is 23.8 Å². The molecule has 0 spiro atoms. The highest BCUT2D eigenvalue weighted by atomic mass is 32.2. The van der Waals surface area contributed by atoms with Crippen LogP contribution in [-0.4, -0.2) is 29.4 Å². The van der Waals surface area contributed by atoms with E-state index in [0.717, 1.165) is 16.3 Å². The lowest BCUT2D eigenvalue weighted by Crippen LogP contribution is -2.43. The van der Waals surface area contributed by atoms with Gasteiger partial charge in [0.15, 0.2) is 0 Å². The van der Waals surface area contributed by atoms with Crippen LogP contribution < -0.4 is 4.90 Å². The van der Waals surface area contributed by atoms with Gasteiger partial charge in [0, 0.05) is 17.5 Å². The molecular formula is C16H20N2O2S. The molecule has 1 aliphatic heterocycles. The molecule has 2 rings (SSSR count). The highest BCUT2D eigenvalue weighted by molar-refractivity contribution is 7.99. The first-order valence-electron chi connectivity index (χ1n) is 7.23. The molecular weight excluding hydrogens is 284 g/mol. The molecule has 1 N–H and O–H groups in total. The number of hydrogen-bond acceptors (Lipinski definition) is 4. The van der Waals surface area contributed by atoms with Gasteiger partial charge in [-0.25, -0.2) is 0 Å². The summed E-state index contributed by atoms with van der Waals surface area (Å²) in [6, 6.07) is 8.38. The van der Waals surface area contributed by atoms with Crippen LogP contribution in [0, 0.1) is 17.2 Å². The number of nitrogens with zero attached hydrogens (tertiary/aromatic N) is 2. The number of nitriles is 1. The highest BCUT2D eigenvalue weighted by Gasteiger charge is 2.31. The number of carboxylic acid groups (broad SMARTS) is 1. The van der Waals surface area contributed by atoms with Gasteiger partial charge < -0.3 is 10.0 Å². The molecule has 112 valence electrons. The molecule has 4 nitrogen and oxygen atoms in total. The van der Waals surface area contributed by atoms with Gasteiger partial charge in [-0.2, -0.15) is 5.26 Å². The molecule has 1 aromatic carbocycles. The van der Waals surface area contributed by atoms with Gasteiger partial charge in [0.2, 0.25) is 0 Å². The Morgan fingerprint density at radius 1 is 1.57 bits per heavy atom. The first kappa shape index (κ1) is 15.7. The number of piperidine rings is 1. The number of rotatable bonds is 4. The number of anilines is 1. The van der Waals surface area contributed by atoms with Crippen molar-refractivity contribution in [2.75, 3.05) is 17.2 Å². The standard InChI is InChI=1S/C16H20N2O2S/c1-3-21-15-6-4-5-14(13(15)10-17)18-8-7-12(16(19)20)9-11(18)2/h4-6,11-12H,3,7-9H2,1-2H3,(H,19,20). The Balaban J connectivity index is 2.28. The van der Waals surface area contributed by atoms with Gasteiger partial charge in [-0.3, -0.25) is 4.79 Å². The topological polar surface area (TPSA) is 64.3 Å². The Hall–Kier alpha value is -1.67. The van der Waals surface area contributed by atoms with Crippen LogP contribution in [0.2, 0.25) is 0 Å². The Bertz CT molecular complexity index is 568. The summed E-state index contributed by atoms with van der Waals surface area (Å²) in [6.45, 7) is 4.79. The zero-order valence-electron chi connectivity index (χ0n) is 12.4. The molecule has 0 aliphatic carbocycles. The predicted octanol–water partition coefficient (Wildman–Crippen LogP) is 3.36. The van der Waals surface area contributed by atoms with E-state index in [1.54, 1.807) is 11.8 Å². The molecule has 2 unspecified atom stereocenters. The van der Waals surface area contributed by atoms with Crippen molar-refractivity contribution in [2.45, 2.75) is 37.6 Å². The van der Waals surface area contributed by atoms with E-state index in [0.29, 0.717) is 24.9 Å². The van der Waals surface area contributed by atoms with E-state index in [1.165, 1.54) is 0 Å².